The lowest BCUT2D eigenvalue weighted by Gasteiger charge is -2.15. The Balaban J connectivity index is 2.00. The van der Waals surface area contributed by atoms with Crippen LogP contribution in [0.4, 0.5) is 5.69 Å². The fourth-order valence-electron chi connectivity index (χ4n) is 2.57. The minimum atomic E-state index is -0.317. The van der Waals surface area contributed by atoms with E-state index in [0.717, 1.165) is 0 Å². The molecule has 0 spiro atoms. The maximum absolute atomic E-state index is 12.9. The summed E-state index contributed by atoms with van der Waals surface area (Å²) in [7, 11) is 0. The zero-order chi connectivity index (χ0) is 18.1. The van der Waals surface area contributed by atoms with Gasteiger partial charge in [0.05, 0.1) is 27.5 Å². The smallest absolute Gasteiger partial charge is 0.274 e. The predicted molar refractivity (Wildman–Crippen MR) is 100 cm³/mol. The van der Waals surface area contributed by atoms with E-state index >= 15 is 0 Å². The summed E-state index contributed by atoms with van der Waals surface area (Å²) < 4.78 is 7.34. The van der Waals surface area contributed by atoms with Crippen molar-refractivity contribution in [2.45, 2.75) is 26.9 Å². The van der Waals surface area contributed by atoms with Gasteiger partial charge in [0.1, 0.15) is 11.4 Å². The second-order valence-electron chi connectivity index (χ2n) is 5.86. The molecule has 0 atom stereocenters. The van der Waals surface area contributed by atoms with Crippen molar-refractivity contribution in [2.75, 3.05) is 5.32 Å². The van der Waals surface area contributed by atoms with E-state index < -0.39 is 0 Å². The Morgan fingerprint density at radius 1 is 1.28 bits per heavy atom. The average molecular weight is 378 g/mol. The fourth-order valence-corrected chi connectivity index (χ4v) is 3.08. The highest BCUT2D eigenvalue weighted by molar-refractivity contribution is 6.36. The Morgan fingerprint density at radius 2 is 2.00 bits per heavy atom. The monoisotopic (exact) mass is 377 g/mol. The van der Waals surface area contributed by atoms with Crippen molar-refractivity contribution in [3.63, 3.8) is 0 Å². The molecule has 0 saturated carbocycles. The summed E-state index contributed by atoms with van der Waals surface area (Å²) in [6, 6.07) is 8.88. The molecule has 0 aliphatic rings. The van der Waals surface area contributed by atoms with Crippen LogP contribution in [0.1, 0.15) is 30.0 Å². The molecular formula is C18H17Cl2N3O2. The second kappa shape index (κ2) is 6.94. The van der Waals surface area contributed by atoms with Crippen LogP contribution in [0.5, 0.6) is 5.75 Å². The lowest BCUT2D eigenvalue weighted by molar-refractivity contribution is 0.102. The van der Waals surface area contributed by atoms with Crippen molar-refractivity contribution in [3.05, 3.63) is 58.0 Å². The number of ether oxygens (including phenoxy) is 1. The first kappa shape index (κ1) is 17.6. The molecule has 2 heterocycles. The van der Waals surface area contributed by atoms with Gasteiger partial charge in [0.2, 0.25) is 0 Å². The lowest BCUT2D eigenvalue weighted by atomic mass is 10.2. The molecule has 3 aromatic rings. The Bertz CT molecular complexity index is 951. The summed E-state index contributed by atoms with van der Waals surface area (Å²) in [6.45, 7) is 5.61. The number of imidazole rings is 1. The zero-order valence-electron chi connectivity index (χ0n) is 14.0. The number of aromatic nitrogens is 2. The number of aryl methyl sites for hydroxylation is 1. The molecule has 0 saturated heterocycles. The van der Waals surface area contributed by atoms with E-state index in [4.69, 9.17) is 27.9 Å². The molecule has 25 heavy (non-hydrogen) atoms. The van der Waals surface area contributed by atoms with E-state index in [1.807, 2.05) is 32.0 Å². The zero-order valence-corrected chi connectivity index (χ0v) is 15.5. The highest BCUT2D eigenvalue weighted by atomic mass is 35.5. The largest absolute Gasteiger partial charge is 0.489 e. The lowest BCUT2D eigenvalue weighted by Crippen LogP contribution is -2.17. The first-order chi connectivity index (χ1) is 11.9. The van der Waals surface area contributed by atoms with Gasteiger partial charge in [-0.15, -0.1) is 0 Å². The molecule has 1 N–H and O–H groups in total. The van der Waals surface area contributed by atoms with Crippen LogP contribution >= 0.6 is 23.2 Å². The summed E-state index contributed by atoms with van der Waals surface area (Å²) in [5.41, 5.74) is 2.01. The molecule has 1 aromatic carbocycles. The van der Waals surface area contributed by atoms with Gasteiger partial charge in [-0.2, -0.15) is 0 Å². The van der Waals surface area contributed by atoms with E-state index in [0.29, 0.717) is 38.5 Å². The highest BCUT2D eigenvalue weighted by Gasteiger charge is 2.20. The molecule has 1 amide bonds. The number of rotatable bonds is 4. The van der Waals surface area contributed by atoms with Gasteiger partial charge in [-0.1, -0.05) is 35.3 Å². The topological polar surface area (TPSA) is 55.6 Å². The van der Waals surface area contributed by atoms with Crippen LogP contribution in [-0.2, 0) is 0 Å². The number of hydrogen-bond donors (Lipinski definition) is 1. The molecule has 2 aromatic heterocycles. The average Bonchev–Trinajstić information content (AvgIpc) is 2.85. The van der Waals surface area contributed by atoms with Crippen LogP contribution in [0.25, 0.3) is 5.65 Å². The van der Waals surface area contributed by atoms with Crippen molar-refractivity contribution in [1.29, 1.82) is 0 Å². The van der Waals surface area contributed by atoms with Gasteiger partial charge < -0.3 is 10.1 Å². The van der Waals surface area contributed by atoms with Crippen LogP contribution in [0, 0.1) is 6.92 Å². The maximum atomic E-state index is 12.9. The van der Waals surface area contributed by atoms with E-state index in [1.165, 1.54) is 0 Å². The van der Waals surface area contributed by atoms with Crippen molar-refractivity contribution in [1.82, 2.24) is 9.38 Å². The van der Waals surface area contributed by atoms with Crippen LogP contribution in [0.15, 0.2) is 36.5 Å². The van der Waals surface area contributed by atoms with Crippen molar-refractivity contribution in [3.8, 4) is 5.75 Å². The fraction of sp³-hybridized carbons (Fsp3) is 0.222. The third-order valence-electron chi connectivity index (χ3n) is 3.53. The summed E-state index contributed by atoms with van der Waals surface area (Å²) in [5, 5.41) is 3.69. The maximum Gasteiger partial charge on any atom is 0.274 e. The van der Waals surface area contributed by atoms with Gasteiger partial charge >= 0.3 is 0 Å². The summed E-state index contributed by atoms with van der Waals surface area (Å²) in [6.07, 6.45) is 1.61. The summed E-state index contributed by atoms with van der Waals surface area (Å²) in [5.74, 6) is 0.288. The second-order valence-corrected chi connectivity index (χ2v) is 6.71. The Labute approximate surface area is 155 Å². The minimum Gasteiger partial charge on any atom is -0.489 e. The molecule has 0 unspecified atom stereocenters. The highest BCUT2D eigenvalue weighted by Crippen LogP contribution is 2.28. The van der Waals surface area contributed by atoms with Gasteiger partial charge in [-0.05, 0) is 39.0 Å². The van der Waals surface area contributed by atoms with E-state index in [2.05, 4.69) is 10.3 Å². The molecule has 0 radical (unpaired) electrons. The Kier molecular flexibility index (Phi) is 4.88. The van der Waals surface area contributed by atoms with Crippen molar-refractivity contribution < 1.29 is 9.53 Å². The standard InChI is InChI=1S/C18H17Cl2N3O2/c1-10(2)25-15-7-5-4-6-14(15)22-18(24)16-11(3)21-17-13(20)8-12(19)9-23(16)17/h4-10H,1-3H3,(H,22,24). The number of nitrogens with zero attached hydrogens (tertiary/aromatic N) is 2. The first-order valence-electron chi connectivity index (χ1n) is 7.77. The molecule has 7 heteroatoms. The van der Waals surface area contributed by atoms with Gasteiger partial charge in [0, 0.05) is 6.20 Å². The number of fused-ring (bicyclic) bond motifs is 1. The first-order valence-corrected chi connectivity index (χ1v) is 8.53. The van der Waals surface area contributed by atoms with Gasteiger partial charge in [0.25, 0.3) is 5.91 Å². The third kappa shape index (κ3) is 3.57. The number of carbonyl (C=O) groups is 1. The third-order valence-corrected chi connectivity index (χ3v) is 4.01. The number of benzene rings is 1. The molecular weight excluding hydrogens is 361 g/mol. The number of amides is 1. The number of pyridine rings is 1. The van der Waals surface area contributed by atoms with Crippen molar-refractivity contribution in [2.24, 2.45) is 0 Å². The number of carbonyl (C=O) groups excluding carboxylic acids is 1. The normalized spacial score (nSPS) is 11.1. The van der Waals surface area contributed by atoms with E-state index in [9.17, 15) is 4.79 Å². The van der Waals surface area contributed by atoms with E-state index in [1.54, 1.807) is 29.7 Å². The Morgan fingerprint density at radius 3 is 2.72 bits per heavy atom. The van der Waals surface area contributed by atoms with E-state index in [-0.39, 0.29) is 12.0 Å². The van der Waals surface area contributed by atoms with Crippen LogP contribution in [-0.4, -0.2) is 21.4 Å². The predicted octanol–water partition coefficient (Wildman–Crippen LogP) is 4.99. The van der Waals surface area contributed by atoms with Crippen LogP contribution < -0.4 is 10.1 Å². The van der Waals surface area contributed by atoms with Crippen molar-refractivity contribution >= 4 is 40.4 Å². The number of para-hydroxylation sites is 2. The molecule has 0 fully saturated rings. The van der Waals surface area contributed by atoms with Gasteiger partial charge in [-0.3, -0.25) is 9.20 Å². The SMILES string of the molecule is Cc1nc2c(Cl)cc(Cl)cn2c1C(=O)Nc1ccccc1OC(C)C. The molecule has 0 bridgehead atoms. The molecule has 0 aliphatic carbocycles. The molecule has 0 aliphatic heterocycles. The number of anilines is 1. The van der Waals surface area contributed by atoms with Gasteiger partial charge in [0.15, 0.2) is 5.65 Å². The Hall–Kier alpha value is -2.24. The quantitative estimate of drug-likeness (QED) is 0.696. The number of hydrogen-bond acceptors (Lipinski definition) is 3. The van der Waals surface area contributed by atoms with Gasteiger partial charge in [-0.25, -0.2) is 4.98 Å². The number of nitrogens with one attached hydrogen (secondary N) is 1. The number of halogens is 2. The van der Waals surface area contributed by atoms with Crippen LogP contribution in [0.3, 0.4) is 0 Å². The molecule has 130 valence electrons. The summed E-state index contributed by atoms with van der Waals surface area (Å²) in [4.78, 5) is 17.2. The van der Waals surface area contributed by atoms with Crippen LogP contribution in [0.2, 0.25) is 10.0 Å². The summed E-state index contributed by atoms with van der Waals surface area (Å²) >= 11 is 12.2. The minimum absolute atomic E-state index is 0.00630. The molecule has 5 nitrogen and oxygen atoms in total. The molecule has 3 rings (SSSR count).